The summed E-state index contributed by atoms with van der Waals surface area (Å²) >= 11 is 1.75. The summed E-state index contributed by atoms with van der Waals surface area (Å²) in [6.07, 6.45) is 3.53. The van der Waals surface area contributed by atoms with Crippen molar-refractivity contribution in [2.24, 2.45) is 0 Å². The highest BCUT2D eigenvalue weighted by atomic mass is 32.1. The van der Waals surface area contributed by atoms with Gasteiger partial charge >= 0.3 is 0 Å². The first-order chi connectivity index (χ1) is 12.7. The van der Waals surface area contributed by atoms with E-state index in [-0.39, 0.29) is 11.7 Å². The Hall–Kier alpha value is -1.92. The number of hydrogen-bond acceptors (Lipinski definition) is 4. The lowest BCUT2D eigenvalue weighted by Gasteiger charge is -2.24. The molecule has 0 spiro atoms. The van der Waals surface area contributed by atoms with Crippen LogP contribution in [0, 0.1) is 5.82 Å². The Balaban J connectivity index is 1.31. The third kappa shape index (κ3) is 5.54. The average Bonchev–Trinajstić information content (AvgIpc) is 3.28. The molecule has 1 saturated heterocycles. The van der Waals surface area contributed by atoms with Gasteiger partial charge in [0, 0.05) is 30.4 Å². The van der Waals surface area contributed by atoms with Crippen molar-refractivity contribution in [2.75, 3.05) is 26.2 Å². The maximum atomic E-state index is 12.8. The van der Waals surface area contributed by atoms with Crippen LogP contribution < -0.4 is 10.1 Å². The summed E-state index contributed by atoms with van der Waals surface area (Å²) in [4.78, 5) is 15.5. The number of amides is 1. The number of hydrogen-bond donors (Lipinski definition) is 1. The zero-order valence-corrected chi connectivity index (χ0v) is 15.6. The van der Waals surface area contributed by atoms with Gasteiger partial charge in [0.2, 0.25) is 5.91 Å². The molecule has 0 bridgehead atoms. The Kier molecular flexibility index (Phi) is 7.03. The maximum absolute atomic E-state index is 12.8. The van der Waals surface area contributed by atoms with Gasteiger partial charge in [0.05, 0.1) is 0 Å². The summed E-state index contributed by atoms with van der Waals surface area (Å²) in [5.41, 5.74) is 0. The van der Waals surface area contributed by atoms with Crippen molar-refractivity contribution in [1.29, 1.82) is 0 Å². The lowest BCUT2D eigenvalue weighted by atomic mass is 10.1. The topological polar surface area (TPSA) is 41.6 Å². The predicted octanol–water partition coefficient (Wildman–Crippen LogP) is 3.48. The Morgan fingerprint density at radius 3 is 2.85 bits per heavy atom. The molecule has 1 aromatic heterocycles. The summed E-state index contributed by atoms with van der Waals surface area (Å²) in [5.74, 6) is 0.700. The van der Waals surface area contributed by atoms with Crippen molar-refractivity contribution in [2.45, 2.75) is 31.7 Å². The minimum absolute atomic E-state index is 0.259. The average molecular weight is 376 g/mol. The quantitative estimate of drug-likeness (QED) is 0.646. The second kappa shape index (κ2) is 9.69. The molecule has 2 heterocycles. The van der Waals surface area contributed by atoms with Gasteiger partial charge in [0.15, 0.2) is 0 Å². The number of nitrogens with zero attached hydrogens (tertiary/aromatic N) is 1. The highest BCUT2D eigenvalue weighted by Gasteiger charge is 2.29. The zero-order valence-electron chi connectivity index (χ0n) is 14.8. The smallest absolute Gasteiger partial charge is 0.222 e. The van der Waals surface area contributed by atoms with Crippen LogP contribution >= 0.6 is 11.3 Å². The second-order valence-electron chi connectivity index (χ2n) is 6.45. The Morgan fingerprint density at radius 1 is 1.23 bits per heavy atom. The van der Waals surface area contributed by atoms with Gasteiger partial charge in [-0.05, 0) is 61.5 Å². The van der Waals surface area contributed by atoms with E-state index < -0.39 is 0 Å². The molecule has 1 fully saturated rings. The van der Waals surface area contributed by atoms with Crippen LogP contribution in [0.3, 0.4) is 0 Å². The van der Waals surface area contributed by atoms with Crippen LogP contribution in [-0.2, 0) is 11.2 Å². The Labute approximate surface area is 158 Å². The first-order valence-electron chi connectivity index (χ1n) is 9.13. The molecule has 1 aliphatic heterocycles. The summed E-state index contributed by atoms with van der Waals surface area (Å²) in [7, 11) is 0. The Bertz CT molecular complexity index is 676. The number of benzene rings is 1. The normalized spacial score (nSPS) is 17.0. The van der Waals surface area contributed by atoms with Crippen LogP contribution in [0.2, 0.25) is 0 Å². The minimum atomic E-state index is -0.259. The monoisotopic (exact) mass is 376 g/mol. The fraction of sp³-hybridized carbons (Fsp3) is 0.450. The third-order valence-electron chi connectivity index (χ3n) is 4.65. The van der Waals surface area contributed by atoms with Crippen molar-refractivity contribution in [3.63, 3.8) is 0 Å². The van der Waals surface area contributed by atoms with E-state index in [4.69, 9.17) is 4.74 Å². The molecule has 3 rings (SSSR count). The number of thiophene rings is 1. The SMILES string of the molecule is O=C1CC[C@H](CCNCCOc2ccc(F)cc2)N1CCc1cccs1. The molecule has 1 N–H and O–H groups in total. The van der Waals surface area contributed by atoms with Crippen LogP contribution in [0.25, 0.3) is 0 Å². The summed E-state index contributed by atoms with van der Waals surface area (Å²) in [6.45, 7) is 2.95. The van der Waals surface area contributed by atoms with E-state index in [0.717, 1.165) is 38.9 Å². The molecule has 26 heavy (non-hydrogen) atoms. The van der Waals surface area contributed by atoms with Gasteiger partial charge in [-0.2, -0.15) is 0 Å². The molecular formula is C20H25FN2O2S. The second-order valence-corrected chi connectivity index (χ2v) is 7.48. The van der Waals surface area contributed by atoms with Crippen molar-refractivity contribution in [3.8, 4) is 5.75 Å². The number of rotatable bonds is 10. The van der Waals surface area contributed by atoms with Crippen LogP contribution in [0.15, 0.2) is 41.8 Å². The highest BCUT2D eigenvalue weighted by Crippen LogP contribution is 2.22. The molecule has 6 heteroatoms. The van der Waals surface area contributed by atoms with Crippen LogP contribution in [0.1, 0.15) is 24.1 Å². The molecular weight excluding hydrogens is 351 g/mol. The van der Waals surface area contributed by atoms with Gasteiger partial charge < -0.3 is 15.0 Å². The van der Waals surface area contributed by atoms with E-state index in [1.54, 1.807) is 23.5 Å². The summed E-state index contributed by atoms with van der Waals surface area (Å²) < 4.78 is 18.4. The molecule has 0 aliphatic carbocycles. The van der Waals surface area contributed by atoms with Gasteiger partial charge in [0.1, 0.15) is 18.2 Å². The molecule has 0 saturated carbocycles. The molecule has 1 amide bonds. The van der Waals surface area contributed by atoms with E-state index in [1.165, 1.54) is 17.0 Å². The molecule has 140 valence electrons. The number of nitrogens with one attached hydrogen (secondary N) is 1. The van der Waals surface area contributed by atoms with Crippen LogP contribution in [-0.4, -0.2) is 43.1 Å². The first kappa shape index (κ1) is 18.9. The van der Waals surface area contributed by atoms with E-state index in [9.17, 15) is 9.18 Å². The standard InChI is InChI=1S/C20H25FN2O2S/c21-16-3-6-18(7-4-16)25-14-12-22-11-9-17-5-8-20(24)23(17)13-10-19-2-1-15-26-19/h1-4,6-7,15,17,22H,5,8-14H2/t17-/m1/s1. The van der Waals surface area contributed by atoms with Crippen molar-refractivity contribution in [1.82, 2.24) is 10.2 Å². The predicted molar refractivity (Wildman–Crippen MR) is 102 cm³/mol. The number of carbonyl (C=O) groups is 1. The third-order valence-corrected chi connectivity index (χ3v) is 5.58. The highest BCUT2D eigenvalue weighted by molar-refractivity contribution is 7.09. The minimum Gasteiger partial charge on any atom is -0.492 e. The molecule has 4 nitrogen and oxygen atoms in total. The van der Waals surface area contributed by atoms with Crippen molar-refractivity contribution >= 4 is 17.2 Å². The molecule has 0 radical (unpaired) electrons. The van der Waals surface area contributed by atoms with Gasteiger partial charge in [-0.15, -0.1) is 11.3 Å². The number of carbonyl (C=O) groups excluding carboxylic acids is 1. The van der Waals surface area contributed by atoms with E-state index in [2.05, 4.69) is 27.7 Å². The van der Waals surface area contributed by atoms with Crippen molar-refractivity contribution in [3.05, 3.63) is 52.5 Å². The fourth-order valence-electron chi connectivity index (χ4n) is 3.25. The summed E-state index contributed by atoms with van der Waals surface area (Å²) in [6, 6.07) is 10.6. The van der Waals surface area contributed by atoms with Crippen molar-refractivity contribution < 1.29 is 13.9 Å². The number of halogens is 1. The summed E-state index contributed by atoms with van der Waals surface area (Å²) in [5, 5.41) is 5.44. The molecule has 1 aliphatic rings. The first-order valence-corrected chi connectivity index (χ1v) is 10.0. The lowest BCUT2D eigenvalue weighted by Crippen LogP contribution is -2.37. The van der Waals surface area contributed by atoms with E-state index in [1.807, 2.05) is 0 Å². The Morgan fingerprint density at radius 2 is 2.08 bits per heavy atom. The van der Waals surface area contributed by atoms with Gasteiger partial charge in [0.25, 0.3) is 0 Å². The number of ether oxygens (including phenoxy) is 1. The molecule has 1 aromatic carbocycles. The van der Waals surface area contributed by atoms with Crippen LogP contribution in [0.5, 0.6) is 5.75 Å². The molecule has 1 atom stereocenters. The van der Waals surface area contributed by atoms with E-state index in [0.29, 0.717) is 24.8 Å². The fourth-order valence-corrected chi connectivity index (χ4v) is 3.95. The zero-order chi connectivity index (χ0) is 18.2. The van der Waals surface area contributed by atoms with Gasteiger partial charge in [-0.25, -0.2) is 4.39 Å². The van der Waals surface area contributed by atoms with Crippen LogP contribution in [0.4, 0.5) is 4.39 Å². The molecule has 0 unspecified atom stereocenters. The van der Waals surface area contributed by atoms with Gasteiger partial charge in [-0.1, -0.05) is 6.07 Å². The number of likely N-dealkylation sites (tertiary alicyclic amines) is 1. The largest absolute Gasteiger partial charge is 0.492 e. The van der Waals surface area contributed by atoms with E-state index >= 15 is 0 Å². The van der Waals surface area contributed by atoms with Gasteiger partial charge in [-0.3, -0.25) is 4.79 Å². The lowest BCUT2D eigenvalue weighted by molar-refractivity contribution is -0.128. The molecule has 2 aromatic rings. The maximum Gasteiger partial charge on any atom is 0.222 e.